The molecule has 1 aliphatic rings. The molecule has 0 atom stereocenters. The van der Waals surface area contributed by atoms with Crippen LogP contribution < -0.4 is 15.5 Å². The largest absolute Gasteiger partial charge is 0.366 e. The second kappa shape index (κ2) is 6.01. The number of amides is 1. The Morgan fingerprint density at radius 1 is 1.09 bits per heavy atom. The Morgan fingerprint density at radius 3 is 2.45 bits per heavy atom. The molecule has 1 aromatic carbocycles. The molecule has 1 amide bonds. The lowest BCUT2D eigenvalue weighted by Crippen LogP contribution is -2.47. The zero-order valence-electron chi connectivity index (χ0n) is 12.1. The molecule has 1 aromatic heterocycles. The Bertz CT molecular complexity index is 683. The first-order chi connectivity index (χ1) is 10.6. The number of anilines is 2. The van der Waals surface area contributed by atoms with E-state index in [2.05, 4.69) is 9.88 Å². The molecule has 0 bridgehead atoms. The third-order valence-electron chi connectivity index (χ3n) is 3.83. The number of nitrogens with zero attached hydrogens (tertiary/aromatic N) is 3. The van der Waals surface area contributed by atoms with Crippen LogP contribution in [-0.2, 0) is 0 Å². The van der Waals surface area contributed by atoms with Crippen LogP contribution in [0.1, 0.15) is 10.4 Å². The van der Waals surface area contributed by atoms with Gasteiger partial charge < -0.3 is 15.5 Å². The molecule has 0 unspecified atom stereocenters. The quantitative estimate of drug-likeness (QED) is 0.936. The lowest BCUT2D eigenvalue weighted by Gasteiger charge is -2.36. The number of piperazine rings is 1. The summed E-state index contributed by atoms with van der Waals surface area (Å²) >= 11 is 0. The van der Waals surface area contributed by atoms with Crippen LogP contribution in [0.2, 0.25) is 0 Å². The van der Waals surface area contributed by atoms with Gasteiger partial charge in [-0.3, -0.25) is 4.79 Å². The van der Waals surface area contributed by atoms with Crippen LogP contribution in [0, 0.1) is 5.82 Å². The predicted molar refractivity (Wildman–Crippen MR) is 83.6 cm³/mol. The fourth-order valence-corrected chi connectivity index (χ4v) is 2.63. The Morgan fingerprint density at radius 2 is 1.77 bits per heavy atom. The molecule has 5 nitrogen and oxygen atoms in total. The minimum atomic E-state index is -0.464. The molecule has 0 aliphatic carbocycles. The van der Waals surface area contributed by atoms with E-state index in [9.17, 15) is 9.18 Å². The molecule has 0 saturated carbocycles. The fraction of sp³-hybridized carbons (Fsp3) is 0.250. The molecule has 3 rings (SSSR count). The average Bonchev–Trinajstić information content (AvgIpc) is 2.56. The van der Waals surface area contributed by atoms with Crippen molar-refractivity contribution in [2.75, 3.05) is 36.0 Å². The van der Waals surface area contributed by atoms with E-state index >= 15 is 0 Å². The molecule has 2 heterocycles. The van der Waals surface area contributed by atoms with Gasteiger partial charge in [-0.25, -0.2) is 9.37 Å². The highest BCUT2D eigenvalue weighted by molar-refractivity contribution is 5.93. The van der Waals surface area contributed by atoms with E-state index in [4.69, 9.17) is 5.73 Å². The van der Waals surface area contributed by atoms with E-state index in [0.29, 0.717) is 37.4 Å². The maximum Gasteiger partial charge on any atom is 0.248 e. The molecular weight excluding hydrogens is 283 g/mol. The monoisotopic (exact) mass is 300 g/mol. The minimum Gasteiger partial charge on any atom is -0.366 e. The number of carbonyl (C=O) groups excluding carboxylic acids is 1. The molecule has 114 valence electrons. The summed E-state index contributed by atoms with van der Waals surface area (Å²) in [5, 5.41) is 0. The number of benzene rings is 1. The Balaban J connectivity index is 1.71. The lowest BCUT2D eigenvalue weighted by molar-refractivity contribution is 0.1000. The molecule has 2 N–H and O–H groups in total. The normalized spacial score (nSPS) is 15.0. The van der Waals surface area contributed by atoms with Gasteiger partial charge in [-0.1, -0.05) is 12.1 Å². The smallest absolute Gasteiger partial charge is 0.248 e. The second-order valence-corrected chi connectivity index (χ2v) is 5.19. The van der Waals surface area contributed by atoms with E-state index in [0.717, 1.165) is 5.82 Å². The van der Waals surface area contributed by atoms with Gasteiger partial charge in [0.2, 0.25) is 5.91 Å². The minimum absolute atomic E-state index is 0.204. The van der Waals surface area contributed by atoms with E-state index in [-0.39, 0.29) is 5.82 Å². The summed E-state index contributed by atoms with van der Waals surface area (Å²) in [4.78, 5) is 19.6. The van der Waals surface area contributed by atoms with E-state index < -0.39 is 5.91 Å². The van der Waals surface area contributed by atoms with E-state index in [1.807, 2.05) is 11.0 Å². The number of halogens is 1. The van der Waals surface area contributed by atoms with Crippen LogP contribution in [0.3, 0.4) is 0 Å². The maximum absolute atomic E-state index is 13.8. The number of nitrogens with two attached hydrogens (primary N) is 1. The zero-order valence-corrected chi connectivity index (χ0v) is 12.1. The number of para-hydroxylation sites is 1. The summed E-state index contributed by atoms with van der Waals surface area (Å²) in [6.45, 7) is 2.82. The summed E-state index contributed by atoms with van der Waals surface area (Å²) in [7, 11) is 0. The van der Waals surface area contributed by atoms with Crippen molar-refractivity contribution >= 4 is 17.4 Å². The number of rotatable bonds is 3. The summed E-state index contributed by atoms with van der Waals surface area (Å²) < 4.78 is 13.8. The Labute approximate surface area is 128 Å². The highest BCUT2D eigenvalue weighted by atomic mass is 19.1. The first-order valence-corrected chi connectivity index (χ1v) is 7.15. The standard InChI is InChI=1S/C16H17FN4O/c17-13-3-1-2-4-14(13)20-7-9-21(10-8-20)15-11-12(16(18)22)5-6-19-15/h1-6,11H,7-10H2,(H2,18,22). The maximum atomic E-state index is 13.8. The van der Waals surface area contributed by atoms with Gasteiger partial charge in [0, 0.05) is 37.9 Å². The third-order valence-corrected chi connectivity index (χ3v) is 3.83. The van der Waals surface area contributed by atoms with Crippen LogP contribution >= 0.6 is 0 Å². The van der Waals surface area contributed by atoms with Crippen molar-refractivity contribution in [3.63, 3.8) is 0 Å². The molecule has 1 saturated heterocycles. The highest BCUT2D eigenvalue weighted by Gasteiger charge is 2.20. The summed E-state index contributed by atoms with van der Waals surface area (Å²) in [6.07, 6.45) is 1.58. The predicted octanol–water partition coefficient (Wildman–Crippen LogP) is 1.65. The zero-order chi connectivity index (χ0) is 15.5. The van der Waals surface area contributed by atoms with Crippen molar-refractivity contribution < 1.29 is 9.18 Å². The molecule has 0 spiro atoms. The SMILES string of the molecule is NC(=O)c1ccnc(N2CCN(c3ccccc3F)CC2)c1. The lowest BCUT2D eigenvalue weighted by atomic mass is 10.2. The average molecular weight is 300 g/mol. The molecule has 6 heteroatoms. The Hall–Kier alpha value is -2.63. The third kappa shape index (κ3) is 2.86. The van der Waals surface area contributed by atoms with Crippen LogP contribution in [-0.4, -0.2) is 37.1 Å². The first-order valence-electron chi connectivity index (χ1n) is 7.15. The van der Waals surface area contributed by atoms with Gasteiger partial charge in [0.1, 0.15) is 11.6 Å². The fourth-order valence-electron chi connectivity index (χ4n) is 2.63. The summed E-state index contributed by atoms with van der Waals surface area (Å²) in [5.41, 5.74) is 6.36. The highest BCUT2D eigenvalue weighted by Crippen LogP contribution is 2.22. The molecule has 2 aromatic rings. The summed E-state index contributed by atoms with van der Waals surface area (Å²) in [5.74, 6) is 0.0583. The number of primary amides is 1. The van der Waals surface area contributed by atoms with Crippen molar-refractivity contribution in [3.05, 3.63) is 54.0 Å². The van der Waals surface area contributed by atoms with Gasteiger partial charge in [-0.05, 0) is 24.3 Å². The van der Waals surface area contributed by atoms with Crippen molar-refractivity contribution in [2.45, 2.75) is 0 Å². The van der Waals surface area contributed by atoms with Crippen LogP contribution in [0.4, 0.5) is 15.9 Å². The molecule has 22 heavy (non-hydrogen) atoms. The number of hydrogen-bond acceptors (Lipinski definition) is 4. The van der Waals surface area contributed by atoms with Crippen LogP contribution in [0.5, 0.6) is 0 Å². The van der Waals surface area contributed by atoms with Gasteiger partial charge in [-0.15, -0.1) is 0 Å². The Kier molecular flexibility index (Phi) is 3.91. The van der Waals surface area contributed by atoms with Gasteiger partial charge in [0.05, 0.1) is 5.69 Å². The number of carbonyl (C=O) groups is 1. The van der Waals surface area contributed by atoms with Crippen molar-refractivity contribution in [2.24, 2.45) is 5.73 Å². The van der Waals surface area contributed by atoms with E-state index in [1.54, 1.807) is 30.5 Å². The number of pyridine rings is 1. The van der Waals surface area contributed by atoms with Gasteiger partial charge in [-0.2, -0.15) is 0 Å². The van der Waals surface area contributed by atoms with Gasteiger partial charge >= 0.3 is 0 Å². The van der Waals surface area contributed by atoms with Crippen LogP contribution in [0.25, 0.3) is 0 Å². The molecule has 1 aliphatic heterocycles. The topological polar surface area (TPSA) is 62.5 Å². The number of hydrogen-bond donors (Lipinski definition) is 1. The molecule has 0 radical (unpaired) electrons. The summed E-state index contributed by atoms with van der Waals surface area (Å²) in [6, 6.07) is 10.1. The van der Waals surface area contributed by atoms with Crippen molar-refractivity contribution in [1.82, 2.24) is 4.98 Å². The number of aromatic nitrogens is 1. The van der Waals surface area contributed by atoms with Gasteiger partial charge in [0.25, 0.3) is 0 Å². The van der Waals surface area contributed by atoms with E-state index in [1.165, 1.54) is 6.07 Å². The molecular formula is C16H17FN4O. The molecule has 1 fully saturated rings. The van der Waals surface area contributed by atoms with Crippen LogP contribution in [0.15, 0.2) is 42.6 Å². The second-order valence-electron chi connectivity index (χ2n) is 5.19. The van der Waals surface area contributed by atoms with Gasteiger partial charge in [0.15, 0.2) is 0 Å². The van der Waals surface area contributed by atoms with Crippen molar-refractivity contribution in [3.8, 4) is 0 Å². The van der Waals surface area contributed by atoms with Crippen molar-refractivity contribution in [1.29, 1.82) is 0 Å². The first kappa shape index (κ1) is 14.3.